The molecule has 0 aliphatic rings. The maximum absolute atomic E-state index is 12.7. The van der Waals surface area contributed by atoms with Crippen LogP contribution in [0.15, 0.2) is 146 Å². The van der Waals surface area contributed by atoms with Crippen LogP contribution in [-0.4, -0.2) is 50.5 Å². The fraction of sp³-hybridized carbons (Fsp3) is 0.156. The van der Waals surface area contributed by atoms with Crippen molar-refractivity contribution in [2.75, 3.05) is 0 Å². The summed E-state index contributed by atoms with van der Waals surface area (Å²) in [6, 6.07) is 47.0. The smallest absolute Gasteiger partial charge is 0.414 e. The first kappa shape index (κ1) is 41.6. The standard InChI is InChI=1S/C24H26N4O3.C21H20N4O2/c1-24(2,3)31-23(30)27-22(25)26-21(29)16-28-19(17-10-6-4-7-11-17)14-15-20(28)18-12-8-5-9-13-18;1-15(26)23-21(22)24-20(27)14-25-18(16-8-4-2-5-9-16)12-13-19(25)17-10-6-3-7-11-17/h4-15H,16H2,1-3H3,(H3,25,26,27,29,30);2-13H,14H2,1H3,(H3,22,23,24,26,27). The fourth-order valence-corrected chi connectivity index (χ4v) is 6.01. The van der Waals surface area contributed by atoms with E-state index in [2.05, 4.69) is 21.3 Å². The normalized spacial score (nSPS) is 10.6. The second-order valence-electron chi connectivity index (χ2n) is 14.0. The van der Waals surface area contributed by atoms with Crippen LogP contribution in [0, 0.1) is 10.8 Å². The Kier molecular flexibility index (Phi) is 13.9. The second-order valence-corrected chi connectivity index (χ2v) is 14.0. The number of aromatic nitrogens is 2. The summed E-state index contributed by atoms with van der Waals surface area (Å²) in [7, 11) is 0. The lowest BCUT2D eigenvalue weighted by Crippen LogP contribution is -2.46. The summed E-state index contributed by atoms with van der Waals surface area (Å²) in [5.41, 5.74) is 6.77. The topological polar surface area (TPSA) is 183 Å². The van der Waals surface area contributed by atoms with Gasteiger partial charge in [0.25, 0.3) is 0 Å². The summed E-state index contributed by atoms with van der Waals surface area (Å²) in [6.45, 7) is 6.43. The van der Waals surface area contributed by atoms with E-state index in [1.165, 1.54) is 6.92 Å². The minimum atomic E-state index is -0.797. The van der Waals surface area contributed by atoms with Crippen LogP contribution >= 0.6 is 0 Å². The van der Waals surface area contributed by atoms with E-state index in [1.807, 2.05) is 155 Å². The molecule has 0 aliphatic carbocycles. The molecule has 13 heteroatoms. The Bertz CT molecular complexity index is 2250. The van der Waals surface area contributed by atoms with Gasteiger partial charge in [0.2, 0.25) is 29.6 Å². The molecule has 0 aliphatic heterocycles. The van der Waals surface area contributed by atoms with Gasteiger partial charge in [0.05, 0.1) is 0 Å². The Morgan fingerprint density at radius 2 is 0.776 bits per heavy atom. The van der Waals surface area contributed by atoms with Gasteiger partial charge in [0, 0.05) is 29.7 Å². The van der Waals surface area contributed by atoms with Gasteiger partial charge in [0.15, 0.2) is 0 Å². The highest BCUT2D eigenvalue weighted by atomic mass is 16.6. The molecule has 13 nitrogen and oxygen atoms in total. The molecule has 0 atom stereocenters. The lowest BCUT2D eigenvalue weighted by molar-refractivity contribution is -0.121. The maximum Gasteiger partial charge on any atom is 0.414 e. The number of alkyl carbamates (subject to hydrolysis) is 1. The van der Waals surface area contributed by atoms with E-state index >= 15 is 0 Å². The van der Waals surface area contributed by atoms with Crippen LogP contribution in [0.25, 0.3) is 45.0 Å². The van der Waals surface area contributed by atoms with Gasteiger partial charge < -0.3 is 13.9 Å². The number of nitrogens with zero attached hydrogens (tertiary/aromatic N) is 2. The third-order valence-electron chi connectivity index (χ3n) is 8.30. The van der Waals surface area contributed by atoms with Crippen molar-refractivity contribution in [1.29, 1.82) is 10.8 Å². The van der Waals surface area contributed by atoms with Crippen molar-refractivity contribution in [3.05, 3.63) is 146 Å². The van der Waals surface area contributed by atoms with Gasteiger partial charge in [-0.2, -0.15) is 0 Å². The van der Waals surface area contributed by atoms with Crippen LogP contribution in [0.5, 0.6) is 0 Å². The highest BCUT2D eigenvalue weighted by Crippen LogP contribution is 2.30. The van der Waals surface area contributed by atoms with E-state index in [-0.39, 0.29) is 25.0 Å². The average molecular weight is 779 g/mol. The van der Waals surface area contributed by atoms with Gasteiger partial charge in [-0.1, -0.05) is 121 Å². The summed E-state index contributed by atoms with van der Waals surface area (Å²) in [5, 5.41) is 24.8. The Morgan fingerprint density at radius 1 is 0.483 bits per heavy atom. The Morgan fingerprint density at radius 3 is 1.05 bits per heavy atom. The number of carbonyl (C=O) groups excluding carboxylic acids is 4. The molecular weight excluding hydrogens is 733 g/mol. The molecule has 6 rings (SSSR count). The van der Waals surface area contributed by atoms with E-state index in [1.54, 1.807) is 20.8 Å². The van der Waals surface area contributed by atoms with Crippen LogP contribution in [0.3, 0.4) is 0 Å². The molecule has 0 unspecified atom stereocenters. The highest BCUT2D eigenvalue weighted by molar-refractivity contribution is 6.03. The minimum Gasteiger partial charge on any atom is -0.444 e. The summed E-state index contributed by atoms with van der Waals surface area (Å²) < 4.78 is 8.90. The Labute approximate surface area is 337 Å². The van der Waals surface area contributed by atoms with Crippen molar-refractivity contribution < 1.29 is 23.9 Å². The molecule has 0 spiro atoms. The Hall–Kier alpha value is -7.54. The fourth-order valence-electron chi connectivity index (χ4n) is 6.01. The molecule has 0 saturated heterocycles. The molecule has 4 aromatic carbocycles. The molecule has 0 bridgehead atoms. The highest BCUT2D eigenvalue weighted by Gasteiger charge is 2.20. The van der Waals surface area contributed by atoms with Crippen LogP contribution in [0.1, 0.15) is 27.7 Å². The number of hydrogen-bond acceptors (Lipinski definition) is 7. The van der Waals surface area contributed by atoms with Crippen LogP contribution in [0.2, 0.25) is 0 Å². The summed E-state index contributed by atoms with van der Waals surface area (Å²) in [6.07, 6.45) is -0.797. The third kappa shape index (κ3) is 12.0. The number of nitrogens with one attached hydrogen (secondary N) is 6. The van der Waals surface area contributed by atoms with Crippen molar-refractivity contribution in [3.8, 4) is 45.0 Å². The predicted molar refractivity (Wildman–Crippen MR) is 226 cm³/mol. The van der Waals surface area contributed by atoms with Crippen molar-refractivity contribution in [3.63, 3.8) is 0 Å². The number of guanidine groups is 2. The molecule has 58 heavy (non-hydrogen) atoms. The lowest BCUT2D eigenvalue weighted by Gasteiger charge is -2.20. The molecule has 6 aromatic rings. The molecule has 4 amide bonds. The Balaban J connectivity index is 0.000000223. The number of benzene rings is 4. The minimum absolute atomic E-state index is 0.0173. The van der Waals surface area contributed by atoms with Crippen molar-refractivity contribution in [2.24, 2.45) is 0 Å². The number of carbonyl (C=O) groups is 4. The van der Waals surface area contributed by atoms with Crippen molar-refractivity contribution in [1.82, 2.24) is 30.4 Å². The number of amides is 4. The molecule has 0 fully saturated rings. The zero-order valence-corrected chi connectivity index (χ0v) is 32.7. The van der Waals surface area contributed by atoms with E-state index in [0.29, 0.717) is 0 Å². The van der Waals surface area contributed by atoms with Crippen molar-refractivity contribution in [2.45, 2.75) is 46.4 Å². The molecule has 0 saturated carbocycles. The number of ether oxygens (including phenoxy) is 1. The van der Waals surface area contributed by atoms with Gasteiger partial charge in [-0.25, -0.2) is 4.79 Å². The quantitative estimate of drug-likeness (QED) is 0.0694. The number of rotatable bonds is 8. The monoisotopic (exact) mass is 778 g/mol. The zero-order valence-electron chi connectivity index (χ0n) is 32.7. The van der Waals surface area contributed by atoms with Crippen LogP contribution < -0.4 is 21.3 Å². The summed E-state index contributed by atoms with van der Waals surface area (Å²) in [4.78, 5) is 48.0. The molecule has 2 heterocycles. The molecular formula is C45H46N8O5. The predicted octanol–water partition coefficient (Wildman–Crippen LogP) is 7.41. The third-order valence-corrected chi connectivity index (χ3v) is 8.30. The first-order chi connectivity index (χ1) is 27.8. The maximum atomic E-state index is 12.7. The average Bonchev–Trinajstić information content (AvgIpc) is 3.79. The van der Waals surface area contributed by atoms with E-state index < -0.39 is 29.5 Å². The van der Waals surface area contributed by atoms with Gasteiger partial charge in [0.1, 0.15) is 18.7 Å². The van der Waals surface area contributed by atoms with Gasteiger partial charge >= 0.3 is 6.09 Å². The lowest BCUT2D eigenvalue weighted by atomic mass is 10.1. The SMILES string of the molecule is CC(=O)NC(=N)NC(=O)Cn1c(-c2ccccc2)ccc1-c1ccccc1.CC(C)(C)OC(=O)NC(=N)NC(=O)Cn1c(-c2ccccc2)ccc1-c1ccccc1. The molecule has 2 aromatic heterocycles. The van der Waals surface area contributed by atoms with E-state index in [0.717, 1.165) is 45.0 Å². The second kappa shape index (κ2) is 19.4. The first-order valence-electron chi connectivity index (χ1n) is 18.4. The molecule has 6 N–H and O–H groups in total. The van der Waals surface area contributed by atoms with Crippen molar-refractivity contribution >= 4 is 35.7 Å². The van der Waals surface area contributed by atoms with Gasteiger partial charge in [-0.3, -0.25) is 46.5 Å². The summed E-state index contributed by atoms with van der Waals surface area (Å²) >= 11 is 0. The molecule has 0 radical (unpaired) electrons. The zero-order chi connectivity index (χ0) is 41.7. The largest absolute Gasteiger partial charge is 0.444 e. The van der Waals surface area contributed by atoms with E-state index in [4.69, 9.17) is 15.6 Å². The van der Waals surface area contributed by atoms with Crippen LogP contribution in [0.4, 0.5) is 4.79 Å². The molecule has 296 valence electrons. The van der Waals surface area contributed by atoms with Gasteiger partial charge in [-0.05, 0) is 67.3 Å². The van der Waals surface area contributed by atoms with Gasteiger partial charge in [-0.15, -0.1) is 0 Å². The van der Waals surface area contributed by atoms with Crippen LogP contribution in [-0.2, 0) is 32.2 Å². The number of hydrogen-bond donors (Lipinski definition) is 6. The van der Waals surface area contributed by atoms with E-state index in [9.17, 15) is 19.2 Å². The summed E-state index contributed by atoms with van der Waals surface area (Å²) in [5.74, 6) is -2.00. The first-order valence-corrected chi connectivity index (χ1v) is 18.4.